The topological polar surface area (TPSA) is 81.0 Å². The van der Waals surface area contributed by atoms with E-state index >= 15 is 0 Å². The maximum absolute atomic E-state index is 13.9. The van der Waals surface area contributed by atoms with Gasteiger partial charge in [0.05, 0.1) is 4.92 Å². The van der Waals surface area contributed by atoms with Gasteiger partial charge in [0.15, 0.2) is 0 Å². The number of nitrogens with one attached hydrogen (secondary N) is 1. The molecule has 7 heteroatoms. The number of nitrogens with zero attached hydrogens (tertiary/aromatic N) is 3. The Morgan fingerprint density at radius 2 is 1.83 bits per heavy atom. The van der Waals surface area contributed by atoms with Crippen LogP contribution >= 0.6 is 0 Å². The van der Waals surface area contributed by atoms with Crippen molar-refractivity contribution in [2.75, 3.05) is 5.32 Å². The Morgan fingerprint density at radius 1 is 1.04 bits per heavy atom. The quantitative estimate of drug-likeness (QED) is 0.441. The number of anilines is 2. The molecule has 0 aliphatic carbocycles. The van der Waals surface area contributed by atoms with Crippen LogP contribution < -0.4 is 5.32 Å². The molecule has 0 atom stereocenters. The third-order valence-electron chi connectivity index (χ3n) is 3.61. The molecule has 120 valence electrons. The van der Waals surface area contributed by atoms with E-state index < -0.39 is 10.9 Å². The predicted molar refractivity (Wildman–Crippen MR) is 88.5 cm³/mol. The molecule has 0 amide bonds. The number of halogens is 1. The molecule has 6 nitrogen and oxygen atoms in total. The van der Waals surface area contributed by atoms with Crippen LogP contribution in [0.15, 0.2) is 54.9 Å². The largest absolute Gasteiger partial charge is 0.334 e. The number of nitro benzene ring substituents is 1. The van der Waals surface area contributed by atoms with Crippen LogP contribution in [-0.2, 0) is 0 Å². The highest BCUT2D eigenvalue weighted by atomic mass is 19.1. The molecule has 24 heavy (non-hydrogen) atoms. The smallest absolute Gasteiger partial charge is 0.292 e. The van der Waals surface area contributed by atoms with E-state index in [0.717, 1.165) is 0 Å². The molecule has 0 unspecified atom stereocenters. The molecular weight excluding hydrogens is 311 g/mol. The second-order valence-corrected chi connectivity index (χ2v) is 5.07. The van der Waals surface area contributed by atoms with Crippen LogP contribution in [-0.4, -0.2) is 14.9 Å². The zero-order valence-corrected chi connectivity index (χ0v) is 12.7. The third kappa shape index (κ3) is 2.91. The van der Waals surface area contributed by atoms with Gasteiger partial charge >= 0.3 is 0 Å². The summed E-state index contributed by atoms with van der Waals surface area (Å²) in [6.45, 7) is 1.77. The van der Waals surface area contributed by atoms with E-state index in [4.69, 9.17) is 0 Å². The molecule has 0 aliphatic heterocycles. The number of aromatic nitrogens is 2. The Balaban J connectivity index is 2.04. The lowest BCUT2D eigenvalue weighted by Crippen LogP contribution is -2.01. The van der Waals surface area contributed by atoms with Crippen molar-refractivity contribution in [3.05, 3.63) is 76.5 Å². The van der Waals surface area contributed by atoms with E-state index in [9.17, 15) is 14.5 Å². The van der Waals surface area contributed by atoms with Gasteiger partial charge < -0.3 is 5.32 Å². The molecule has 0 saturated carbocycles. The van der Waals surface area contributed by atoms with Crippen LogP contribution in [0.3, 0.4) is 0 Å². The number of hydrogen-bond acceptors (Lipinski definition) is 5. The summed E-state index contributed by atoms with van der Waals surface area (Å²) in [4.78, 5) is 18.5. The minimum atomic E-state index is -0.580. The van der Waals surface area contributed by atoms with E-state index in [2.05, 4.69) is 15.3 Å². The average molecular weight is 324 g/mol. The lowest BCUT2D eigenvalue weighted by Gasteiger charge is -2.12. The van der Waals surface area contributed by atoms with Gasteiger partial charge in [-0.3, -0.25) is 10.1 Å². The fraction of sp³-hybridized carbons (Fsp3) is 0.0588. The van der Waals surface area contributed by atoms with Gasteiger partial charge in [-0.25, -0.2) is 9.97 Å². The monoisotopic (exact) mass is 324 g/mol. The summed E-state index contributed by atoms with van der Waals surface area (Å²) in [5.41, 5.74) is 1.90. The van der Waals surface area contributed by atoms with Gasteiger partial charge in [0.1, 0.15) is 11.5 Å². The molecule has 3 rings (SSSR count). The lowest BCUT2D eigenvalue weighted by atomic mass is 10.0. The molecule has 0 saturated heterocycles. The molecule has 0 bridgehead atoms. The summed E-state index contributed by atoms with van der Waals surface area (Å²) in [6.07, 6.45) is 2.90. The highest BCUT2D eigenvalue weighted by Gasteiger charge is 2.16. The van der Waals surface area contributed by atoms with Gasteiger partial charge in [0, 0.05) is 24.0 Å². The van der Waals surface area contributed by atoms with Crippen LogP contribution in [0.5, 0.6) is 0 Å². The summed E-state index contributed by atoms with van der Waals surface area (Å²) in [5, 5.41) is 14.1. The Kier molecular flexibility index (Phi) is 4.15. The summed E-state index contributed by atoms with van der Waals surface area (Å²) in [7, 11) is 0. The van der Waals surface area contributed by atoms with Crippen molar-refractivity contribution >= 4 is 17.2 Å². The van der Waals surface area contributed by atoms with E-state index in [1.165, 1.54) is 18.5 Å². The molecule has 2 heterocycles. The van der Waals surface area contributed by atoms with Crippen molar-refractivity contribution in [1.82, 2.24) is 9.97 Å². The van der Waals surface area contributed by atoms with Crippen LogP contribution in [0.4, 0.5) is 21.6 Å². The van der Waals surface area contributed by atoms with Crippen LogP contribution in [0, 0.1) is 23.0 Å². The maximum Gasteiger partial charge on any atom is 0.292 e. The molecule has 0 aliphatic rings. The van der Waals surface area contributed by atoms with Gasteiger partial charge in [-0.05, 0) is 42.3 Å². The highest BCUT2D eigenvalue weighted by Crippen LogP contribution is 2.32. The normalized spacial score (nSPS) is 10.4. The molecule has 1 N–H and O–H groups in total. The standard InChI is InChI=1S/C17H13FN4O2/c1-11-12(13-5-4-9-19-16(13)18)8-10-20-17(11)21-14-6-2-3-7-15(14)22(23)24/h2-10H,1H3,(H,20,21). The number of nitro groups is 1. The van der Waals surface area contributed by atoms with Gasteiger partial charge in [0.25, 0.3) is 5.69 Å². The molecule has 0 radical (unpaired) electrons. The first kappa shape index (κ1) is 15.5. The van der Waals surface area contributed by atoms with Crippen molar-refractivity contribution in [2.24, 2.45) is 0 Å². The molecule has 3 aromatic rings. The number of pyridine rings is 2. The first-order valence-electron chi connectivity index (χ1n) is 7.15. The number of para-hydroxylation sites is 2. The number of rotatable bonds is 4. The van der Waals surface area contributed by atoms with Crippen molar-refractivity contribution in [1.29, 1.82) is 0 Å². The van der Waals surface area contributed by atoms with Gasteiger partial charge in [-0.1, -0.05) is 12.1 Å². The molecule has 0 spiro atoms. The number of benzene rings is 1. The van der Waals surface area contributed by atoms with Gasteiger partial charge in [-0.2, -0.15) is 4.39 Å². The van der Waals surface area contributed by atoms with Crippen molar-refractivity contribution < 1.29 is 9.31 Å². The minimum Gasteiger partial charge on any atom is -0.334 e. The minimum absolute atomic E-state index is 0.0586. The van der Waals surface area contributed by atoms with E-state index in [0.29, 0.717) is 28.2 Å². The summed E-state index contributed by atoms with van der Waals surface area (Å²) >= 11 is 0. The summed E-state index contributed by atoms with van der Waals surface area (Å²) in [6, 6.07) is 11.2. The van der Waals surface area contributed by atoms with E-state index in [-0.39, 0.29) is 5.69 Å². The third-order valence-corrected chi connectivity index (χ3v) is 3.61. The maximum atomic E-state index is 13.9. The zero-order chi connectivity index (χ0) is 17.1. The lowest BCUT2D eigenvalue weighted by molar-refractivity contribution is -0.383. The Morgan fingerprint density at radius 3 is 2.58 bits per heavy atom. The van der Waals surface area contributed by atoms with E-state index in [1.54, 1.807) is 43.3 Å². The van der Waals surface area contributed by atoms with E-state index in [1.807, 2.05) is 0 Å². The Labute approximate surface area is 137 Å². The summed E-state index contributed by atoms with van der Waals surface area (Å²) < 4.78 is 13.9. The number of hydrogen-bond donors (Lipinski definition) is 1. The molecule has 1 aromatic carbocycles. The summed E-state index contributed by atoms with van der Waals surface area (Å²) in [5.74, 6) is -0.159. The zero-order valence-electron chi connectivity index (χ0n) is 12.7. The van der Waals surface area contributed by atoms with Crippen molar-refractivity contribution in [3.8, 4) is 11.1 Å². The highest BCUT2D eigenvalue weighted by molar-refractivity contribution is 5.76. The van der Waals surface area contributed by atoms with Crippen molar-refractivity contribution in [2.45, 2.75) is 6.92 Å². The van der Waals surface area contributed by atoms with Crippen LogP contribution in [0.2, 0.25) is 0 Å². The second kappa shape index (κ2) is 6.41. The second-order valence-electron chi connectivity index (χ2n) is 5.07. The average Bonchev–Trinajstić information content (AvgIpc) is 2.58. The molecular formula is C17H13FN4O2. The SMILES string of the molecule is Cc1c(-c2cccnc2F)ccnc1Nc1ccccc1[N+](=O)[O-]. The Hall–Kier alpha value is -3.35. The van der Waals surface area contributed by atoms with Gasteiger partial charge in [-0.15, -0.1) is 0 Å². The first-order valence-corrected chi connectivity index (χ1v) is 7.15. The Bertz CT molecular complexity index is 915. The van der Waals surface area contributed by atoms with Crippen LogP contribution in [0.25, 0.3) is 11.1 Å². The van der Waals surface area contributed by atoms with Gasteiger partial charge in [0.2, 0.25) is 5.95 Å². The predicted octanol–water partition coefficient (Wildman–Crippen LogP) is 4.24. The molecule has 0 fully saturated rings. The molecule has 2 aromatic heterocycles. The van der Waals surface area contributed by atoms with Crippen LogP contribution in [0.1, 0.15) is 5.56 Å². The fourth-order valence-electron chi connectivity index (χ4n) is 2.41. The van der Waals surface area contributed by atoms with Crippen molar-refractivity contribution in [3.63, 3.8) is 0 Å². The first-order chi connectivity index (χ1) is 11.6. The fourth-order valence-corrected chi connectivity index (χ4v) is 2.41.